The molecule has 28 heavy (non-hydrogen) atoms. The number of hydrogen-bond acceptors (Lipinski definition) is 4. The number of nitrogens with zero attached hydrogens (tertiary/aromatic N) is 1. The molecule has 146 valence electrons. The molecule has 1 fully saturated rings. The lowest BCUT2D eigenvalue weighted by molar-refractivity contribution is 0.0336. The van der Waals surface area contributed by atoms with Crippen LogP contribution in [0.4, 0.5) is 0 Å². The van der Waals surface area contributed by atoms with Gasteiger partial charge >= 0.3 is 0 Å². The van der Waals surface area contributed by atoms with Crippen molar-refractivity contribution in [2.45, 2.75) is 13.0 Å². The van der Waals surface area contributed by atoms with Gasteiger partial charge in [-0.3, -0.25) is 9.69 Å². The maximum atomic E-state index is 12.0. The number of rotatable bonds is 7. The first-order chi connectivity index (χ1) is 13.7. The average molecular weight is 378 g/mol. The lowest BCUT2D eigenvalue weighted by Gasteiger charge is -2.26. The van der Waals surface area contributed by atoms with Gasteiger partial charge in [-0.2, -0.15) is 0 Å². The van der Waals surface area contributed by atoms with E-state index in [9.17, 15) is 4.79 Å². The third-order valence-corrected chi connectivity index (χ3v) is 5.32. The van der Waals surface area contributed by atoms with Crippen LogP contribution in [0.15, 0.2) is 48.5 Å². The van der Waals surface area contributed by atoms with Crippen molar-refractivity contribution >= 4 is 16.7 Å². The first-order valence-electron chi connectivity index (χ1n) is 9.74. The molecule has 1 N–H and O–H groups in total. The molecule has 0 bridgehead atoms. The summed E-state index contributed by atoms with van der Waals surface area (Å²) in [5.41, 5.74) is 5.66. The van der Waals surface area contributed by atoms with Crippen molar-refractivity contribution in [1.29, 1.82) is 0 Å². The Morgan fingerprint density at radius 3 is 2.61 bits per heavy atom. The molecule has 0 saturated carbocycles. The van der Waals surface area contributed by atoms with Crippen molar-refractivity contribution in [3.63, 3.8) is 0 Å². The van der Waals surface area contributed by atoms with E-state index in [2.05, 4.69) is 34.1 Å². The molecule has 5 heteroatoms. The third kappa shape index (κ3) is 4.17. The Kier molecular flexibility index (Phi) is 5.86. The van der Waals surface area contributed by atoms with Gasteiger partial charge in [-0.1, -0.05) is 42.5 Å². The number of benzene rings is 2. The zero-order chi connectivity index (χ0) is 19.3. The topological polar surface area (TPSA) is 54.6 Å². The minimum absolute atomic E-state index is 0.00847. The van der Waals surface area contributed by atoms with Crippen LogP contribution < -0.4 is 0 Å². The van der Waals surface area contributed by atoms with Gasteiger partial charge < -0.3 is 14.5 Å². The van der Waals surface area contributed by atoms with Gasteiger partial charge in [-0.15, -0.1) is 0 Å². The number of para-hydroxylation sites is 1. The van der Waals surface area contributed by atoms with Crippen LogP contribution in [0.25, 0.3) is 10.9 Å². The molecule has 0 atom stereocenters. The van der Waals surface area contributed by atoms with Crippen molar-refractivity contribution in [1.82, 2.24) is 9.88 Å². The van der Waals surface area contributed by atoms with Crippen LogP contribution in [-0.4, -0.2) is 55.7 Å². The van der Waals surface area contributed by atoms with Crippen LogP contribution >= 0.6 is 0 Å². The number of morpholine rings is 1. The van der Waals surface area contributed by atoms with Crippen molar-refractivity contribution in [3.05, 3.63) is 70.9 Å². The van der Waals surface area contributed by atoms with Gasteiger partial charge in [-0.05, 0) is 23.6 Å². The molecule has 3 aromatic rings. The van der Waals surface area contributed by atoms with E-state index in [0.717, 1.165) is 39.3 Å². The zero-order valence-electron chi connectivity index (χ0n) is 16.2. The molecule has 1 saturated heterocycles. The van der Waals surface area contributed by atoms with E-state index in [0.29, 0.717) is 5.56 Å². The predicted octanol–water partition coefficient (Wildman–Crippen LogP) is 3.42. The highest BCUT2D eigenvalue weighted by Crippen LogP contribution is 2.26. The van der Waals surface area contributed by atoms with Gasteiger partial charge in [0.05, 0.1) is 13.2 Å². The number of hydrogen-bond donors (Lipinski definition) is 1. The van der Waals surface area contributed by atoms with Gasteiger partial charge in [0.15, 0.2) is 5.78 Å². The lowest BCUT2D eigenvalue weighted by Crippen LogP contribution is -2.36. The molecule has 5 nitrogen and oxygen atoms in total. The van der Waals surface area contributed by atoms with Crippen molar-refractivity contribution in [3.8, 4) is 0 Å². The zero-order valence-corrected chi connectivity index (χ0v) is 16.2. The molecule has 2 aromatic carbocycles. The molecule has 1 aromatic heterocycles. The second kappa shape index (κ2) is 8.69. The van der Waals surface area contributed by atoms with E-state index in [1.807, 2.05) is 24.3 Å². The van der Waals surface area contributed by atoms with Crippen molar-refractivity contribution < 1.29 is 14.3 Å². The largest absolute Gasteiger partial charge is 0.379 e. The summed E-state index contributed by atoms with van der Waals surface area (Å²) in [6.07, 6.45) is 0.836. The number of carbonyl (C=O) groups excluding carboxylic acids is 1. The van der Waals surface area contributed by atoms with E-state index >= 15 is 0 Å². The quantitative estimate of drug-likeness (QED) is 0.640. The number of fused-ring (bicyclic) bond motifs is 1. The summed E-state index contributed by atoms with van der Waals surface area (Å²) in [4.78, 5) is 18.0. The van der Waals surface area contributed by atoms with Crippen molar-refractivity contribution in [2.75, 3.05) is 40.0 Å². The number of Topliss-reactive ketones (excluding diaryl/α,β-unsaturated/α-hetero) is 1. The molecule has 0 spiro atoms. The fourth-order valence-corrected chi connectivity index (χ4v) is 3.80. The molecule has 0 amide bonds. The van der Waals surface area contributed by atoms with Crippen LogP contribution in [0.1, 0.15) is 27.2 Å². The minimum atomic E-state index is 0.00847. The van der Waals surface area contributed by atoms with Crippen LogP contribution in [0.5, 0.6) is 0 Å². The summed E-state index contributed by atoms with van der Waals surface area (Å²) < 4.78 is 10.4. The number of H-pyrrole nitrogens is 1. The van der Waals surface area contributed by atoms with Gasteiger partial charge in [-0.25, -0.2) is 0 Å². The highest BCUT2D eigenvalue weighted by atomic mass is 16.5. The summed E-state index contributed by atoms with van der Waals surface area (Å²) in [6.45, 7) is 4.54. The van der Waals surface area contributed by atoms with E-state index in [1.165, 1.54) is 27.7 Å². The van der Waals surface area contributed by atoms with Gasteiger partial charge in [0.1, 0.15) is 6.61 Å². The maximum Gasteiger partial charge on any atom is 0.188 e. The lowest BCUT2D eigenvalue weighted by atomic mass is 9.99. The Hall–Kier alpha value is -2.47. The smallest absolute Gasteiger partial charge is 0.188 e. The Bertz CT molecular complexity index is 940. The fraction of sp³-hybridized carbons (Fsp3) is 0.348. The number of carbonyl (C=O) groups is 1. The monoisotopic (exact) mass is 378 g/mol. The highest BCUT2D eigenvalue weighted by Gasteiger charge is 2.17. The Morgan fingerprint density at radius 1 is 1.11 bits per heavy atom. The van der Waals surface area contributed by atoms with E-state index in [4.69, 9.17) is 9.47 Å². The van der Waals surface area contributed by atoms with Crippen LogP contribution in [0.2, 0.25) is 0 Å². The minimum Gasteiger partial charge on any atom is -0.379 e. The number of aromatic nitrogens is 1. The molecule has 4 rings (SSSR count). The van der Waals surface area contributed by atoms with E-state index in [-0.39, 0.29) is 12.4 Å². The second-order valence-corrected chi connectivity index (χ2v) is 7.25. The summed E-state index contributed by atoms with van der Waals surface area (Å²) in [5, 5.41) is 1.27. The van der Waals surface area contributed by atoms with E-state index < -0.39 is 0 Å². The Labute approximate surface area is 165 Å². The van der Waals surface area contributed by atoms with Crippen molar-refractivity contribution in [2.24, 2.45) is 0 Å². The molecule has 1 aliphatic rings. The number of methoxy groups -OCH3 is 1. The molecule has 2 heterocycles. The third-order valence-electron chi connectivity index (χ3n) is 5.32. The van der Waals surface area contributed by atoms with Gasteiger partial charge in [0.25, 0.3) is 0 Å². The summed E-state index contributed by atoms with van der Waals surface area (Å²) in [5.74, 6) is 0.00847. The normalized spacial score (nSPS) is 15.2. The van der Waals surface area contributed by atoms with E-state index in [1.54, 1.807) is 7.11 Å². The molecule has 0 unspecified atom stereocenters. The van der Waals surface area contributed by atoms with Gasteiger partial charge in [0, 0.05) is 48.9 Å². The fourth-order valence-electron chi connectivity index (χ4n) is 3.80. The number of ether oxygens (including phenoxy) is 2. The first kappa shape index (κ1) is 18.9. The molecular formula is C23H26N2O3. The number of ketones is 1. The Balaban J connectivity index is 1.59. The highest BCUT2D eigenvalue weighted by molar-refractivity contribution is 5.97. The number of nitrogens with one attached hydrogen (secondary N) is 1. The molecule has 0 radical (unpaired) electrons. The van der Waals surface area contributed by atoms with Crippen LogP contribution in [0, 0.1) is 0 Å². The number of aromatic amines is 1. The molecular weight excluding hydrogens is 352 g/mol. The molecule has 0 aliphatic carbocycles. The SMILES string of the molecule is COCC(=O)c1ccc(Cc2c(CN3CCOCC3)[nH]c3ccccc23)cc1. The summed E-state index contributed by atoms with van der Waals surface area (Å²) in [6, 6.07) is 16.4. The second-order valence-electron chi connectivity index (χ2n) is 7.25. The van der Waals surface area contributed by atoms with Gasteiger partial charge in [0.2, 0.25) is 0 Å². The Morgan fingerprint density at radius 2 is 1.86 bits per heavy atom. The maximum absolute atomic E-state index is 12.0. The van der Waals surface area contributed by atoms with Crippen LogP contribution in [-0.2, 0) is 22.4 Å². The first-order valence-corrected chi connectivity index (χ1v) is 9.74. The summed E-state index contributed by atoms with van der Waals surface area (Å²) >= 11 is 0. The van der Waals surface area contributed by atoms with Crippen LogP contribution in [0.3, 0.4) is 0 Å². The molecule has 1 aliphatic heterocycles. The summed E-state index contributed by atoms with van der Waals surface area (Å²) in [7, 11) is 1.54. The predicted molar refractivity (Wildman–Crippen MR) is 110 cm³/mol. The average Bonchev–Trinajstić information content (AvgIpc) is 3.06. The standard InChI is InChI=1S/C23H26N2O3/c1-27-16-23(26)18-8-6-17(7-9-18)14-20-19-4-2-3-5-21(19)24-22(20)15-25-10-12-28-13-11-25/h2-9,24H,10-16H2,1H3.